The number of fused-ring (bicyclic) bond motifs is 1. The molecule has 0 aliphatic carbocycles. The van der Waals surface area contributed by atoms with Gasteiger partial charge in [-0.15, -0.1) is 11.3 Å². The van der Waals surface area contributed by atoms with E-state index < -0.39 is 0 Å². The van der Waals surface area contributed by atoms with E-state index in [0.717, 1.165) is 34.6 Å². The Morgan fingerprint density at radius 3 is 2.69 bits per heavy atom. The van der Waals surface area contributed by atoms with Crippen LogP contribution in [0.2, 0.25) is 0 Å². The van der Waals surface area contributed by atoms with Crippen LogP contribution in [0, 0.1) is 13.8 Å². The molecule has 2 aromatic heterocycles. The zero-order valence-corrected chi connectivity index (χ0v) is 18.9. The van der Waals surface area contributed by atoms with Crippen LogP contribution in [0.5, 0.6) is 0 Å². The molecule has 7 heteroatoms. The van der Waals surface area contributed by atoms with Gasteiger partial charge in [0, 0.05) is 29.7 Å². The van der Waals surface area contributed by atoms with Crippen LogP contribution in [-0.4, -0.2) is 28.1 Å². The summed E-state index contributed by atoms with van der Waals surface area (Å²) in [7, 11) is 0. The quantitative estimate of drug-likeness (QED) is 0.463. The van der Waals surface area contributed by atoms with Crippen molar-refractivity contribution in [1.29, 1.82) is 0 Å². The van der Waals surface area contributed by atoms with E-state index in [2.05, 4.69) is 41.6 Å². The lowest BCUT2D eigenvalue weighted by Gasteiger charge is -2.16. The van der Waals surface area contributed by atoms with E-state index in [1.54, 1.807) is 4.90 Å². The third-order valence-corrected chi connectivity index (χ3v) is 6.92. The van der Waals surface area contributed by atoms with E-state index in [-0.39, 0.29) is 11.8 Å². The van der Waals surface area contributed by atoms with Gasteiger partial charge in [-0.3, -0.25) is 14.3 Å². The van der Waals surface area contributed by atoms with Crippen LogP contribution in [-0.2, 0) is 11.3 Å². The second-order valence-electron chi connectivity index (χ2n) is 8.21. The second-order valence-corrected chi connectivity index (χ2v) is 9.24. The molecule has 4 aromatic rings. The highest BCUT2D eigenvalue weighted by atomic mass is 32.1. The van der Waals surface area contributed by atoms with Gasteiger partial charge in [0.05, 0.1) is 17.1 Å². The first-order valence-corrected chi connectivity index (χ1v) is 11.5. The van der Waals surface area contributed by atoms with Crippen molar-refractivity contribution >= 4 is 44.7 Å². The predicted octanol–water partition coefficient (Wildman–Crippen LogP) is 5.14. The highest BCUT2D eigenvalue weighted by molar-refractivity contribution is 7.20. The molecular weight excluding hydrogens is 420 g/mol. The summed E-state index contributed by atoms with van der Waals surface area (Å²) in [6, 6.07) is 17.8. The standard InChI is InChI=1S/C25H24N4O2S/c1-16-8-10-18(11-9-16)15-29-25-21(17(2)27-29)14-22(32-25)24(31)26-19-5-3-6-20(13-19)28-12-4-7-23(28)30/h3,5-6,8-11,13-14H,4,7,12,15H2,1-2H3,(H,26,31). The number of anilines is 2. The van der Waals surface area contributed by atoms with Crippen molar-refractivity contribution in [2.75, 3.05) is 16.8 Å². The zero-order chi connectivity index (χ0) is 22.2. The number of carbonyl (C=O) groups excluding carboxylic acids is 2. The van der Waals surface area contributed by atoms with Crippen molar-refractivity contribution in [3.8, 4) is 0 Å². The Balaban J connectivity index is 1.37. The number of hydrogen-bond donors (Lipinski definition) is 1. The number of rotatable bonds is 5. The summed E-state index contributed by atoms with van der Waals surface area (Å²) in [5.74, 6) is -0.0241. The largest absolute Gasteiger partial charge is 0.321 e. The summed E-state index contributed by atoms with van der Waals surface area (Å²) in [4.78, 5) is 28.4. The molecule has 0 atom stereocenters. The maximum Gasteiger partial charge on any atom is 0.265 e. The lowest BCUT2D eigenvalue weighted by molar-refractivity contribution is -0.117. The van der Waals surface area contributed by atoms with Gasteiger partial charge >= 0.3 is 0 Å². The van der Waals surface area contributed by atoms with E-state index in [1.165, 1.54) is 22.5 Å². The Kier molecular flexibility index (Phi) is 5.27. The summed E-state index contributed by atoms with van der Waals surface area (Å²) < 4.78 is 1.97. The van der Waals surface area contributed by atoms with Crippen LogP contribution >= 0.6 is 11.3 Å². The van der Waals surface area contributed by atoms with Crippen molar-refractivity contribution < 1.29 is 9.59 Å². The van der Waals surface area contributed by atoms with Gasteiger partial charge in [-0.1, -0.05) is 35.9 Å². The fourth-order valence-corrected chi connectivity index (χ4v) is 5.12. The molecule has 1 fully saturated rings. The Hall–Kier alpha value is -3.45. The lowest BCUT2D eigenvalue weighted by atomic mass is 10.1. The average Bonchev–Trinajstić information content (AvgIpc) is 3.47. The molecule has 5 rings (SSSR count). The van der Waals surface area contributed by atoms with Crippen LogP contribution in [0.15, 0.2) is 54.6 Å². The van der Waals surface area contributed by atoms with Crippen molar-refractivity contribution in [3.05, 3.63) is 76.3 Å². The number of thiophene rings is 1. The van der Waals surface area contributed by atoms with E-state index in [0.29, 0.717) is 23.5 Å². The topological polar surface area (TPSA) is 67.2 Å². The number of carbonyl (C=O) groups is 2. The normalized spacial score (nSPS) is 13.8. The summed E-state index contributed by atoms with van der Waals surface area (Å²) >= 11 is 1.45. The molecule has 1 saturated heterocycles. The first-order valence-electron chi connectivity index (χ1n) is 10.7. The summed E-state index contributed by atoms with van der Waals surface area (Å²) in [5.41, 5.74) is 4.82. The highest BCUT2D eigenvalue weighted by Gasteiger charge is 2.22. The Labute approximate surface area is 190 Å². The molecule has 0 spiro atoms. The number of aryl methyl sites for hydroxylation is 2. The molecule has 1 aliphatic heterocycles. The van der Waals surface area contributed by atoms with Crippen LogP contribution in [0.3, 0.4) is 0 Å². The van der Waals surface area contributed by atoms with Crippen LogP contribution < -0.4 is 10.2 Å². The van der Waals surface area contributed by atoms with E-state index >= 15 is 0 Å². The van der Waals surface area contributed by atoms with Gasteiger partial charge in [-0.2, -0.15) is 5.10 Å². The molecule has 32 heavy (non-hydrogen) atoms. The first-order chi connectivity index (χ1) is 15.5. The third kappa shape index (κ3) is 3.91. The van der Waals surface area contributed by atoms with Gasteiger partial charge in [0.2, 0.25) is 5.91 Å². The molecule has 0 radical (unpaired) electrons. The molecule has 0 unspecified atom stereocenters. The predicted molar refractivity (Wildman–Crippen MR) is 129 cm³/mol. The van der Waals surface area contributed by atoms with Gasteiger partial charge in [0.15, 0.2) is 0 Å². The van der Waals surface area contributed by atoms with Crippen LogP contribution in [0.4, 0.5) is 11.4 Å². The second kappa shape index (κ2) is 8.24. The van der Waals surface area contributed by atoms with Crippen molar-refractivity contribution in [3.63, 3.8) is 0 Å². The lowest BCUT2D eigenvalue weighted by Crippen LogP contribution is -2.23. The van der Waals surface area contributed by atoms with Crippen molar-refractivity contribution in [1.82, 2.24) is 9.78 Å². The van der Waals surface area contributed by atoms with Gasteiger partial charge in [0.1, 0.15) is 4.83 Å². The maximum atomic E-state index is 13.0. The zero-order valence-electron chi connectivity index (χ0n) is 18.1. The maximum absolute atomic E-state index is 13.0. The molecule has 0 saturated carbocycles. The van der Waals surface area contributed by atoms with Crippen molar-refractivity contribution in [2.24, 2.45) is 0 Å². The van der Waals surface area contributed by atoms with E-state index in [1.807, 2.05) is 41.9 Å². The summed E-state index contributed by atoms with van der Waals surface area (Å²) in [6.07, 6.45) is 1.45. The monoisotopic (exact) mass is 444 g/mol. The minimum atomic E-state index is -0.155. The van der Waals surface area contributed by atoms with Gasteiger partial charge in [-0.25, -0.2) is 0 Å². The first kappa shape index (κ1) is 20.5. The SMILES string of the molecule is Cc1ccc(Cn2nc(C)c3cc(C(=O)Nc4cccc(N5CCCC5=O)c4)sc32)cc1. The average molecular weight is 445 g/mol. The Bertz CT molecular complexity index is 1320. The fraction of sp³-hybridized carbons (Fsp3) is 0.240. The smallest absolute Gasteiger partial charge is 0.265 e. The van der Waals surface area contributed by atoms with Crippen LogP contribution in [0.25, 0.3) is 10.2 Å². The fourth-order valence-electron chi connectivity index (χ4n) is 4.06. The van der Waals surface area contributed by atoms with E-state index in [9.17, 15) is 9.59 Å². The molecule has 1 aliphatic rings. The highest BCUT2D eigenvalue weighted by Crippen LogP contribution is 2.30. The molecule has 2 aromatic carbocycles. The van der Waals surface area contributed by atoms with Gasteiger partial charge in [0.25, 0.3) is 5.91 Å². The number of amides is 2. The number of aromatic nitrogens is 2. The number of benzene rings is 2. The Morgan fingerprint density at radius 1 is 1.12 bits per heavy atom. The minimum Gasteiger partial charge on any atom is -0.321 e. The molecule has 3 heterocycles. The molecule has 1 N–H and O–H groups in total. The number of nitrogens with zero attached hydrogens (tertiary/aromatic N) is 3. The summed E-state index contributed by atoms with van der Waals surface area (Å²) in [5, 5.41) is 8.66. The molecule has 6 nitrogen and oxygen atoms in total. The minimum absolute atomic E-state index is 0.131. The summed E-state index contributed by atoms with van der Waals surface area (Å²) in [6.45, 7) is 5.43. The Morgan fingerprint density at radius 2 is 1.94 bits per heavy atom. The number of nitrogens with one attached hydrogen (secondary N) is 1. The molecular formula is C25H24N4O2S. The van der Waals surface area contributed by atoms with Gasteiger partial charge < -0.3 is 10.2 Å². The number of hydrogen-bond acceptors (Lipinski definition) is 4. The van der Waals surface area contributed by atoms with Crippen molar-refractivity contribution in [2.45, 2.75) is 33.2 Å². The molecule has 162 valence electrons. The van der Waals surface area contributed by atoms with Crippen LogP contribution in [0.1, 0.15) is 39.3 Å². The molecule has 2 amide bonds. The third-order valence-electron chi connectivity index (χ3n) is 5.77. The molecule has 0 bridgehead atoms. The van der Waals surface area contributed by atoms with Gasteiger partial charge in [-0.05, 0) is 50.1 Å². The van der Waals surface area contributed by atoms with E-state index in [4.69, 9.17) is 0 Å².